The van der Waals surface area contributed by atoms with E-state index >= 15 is 0 Å². The number of ether oxygens (including phenoxy) is 2. The van der Waals surface area contributed by atoms with Crippen molar-refractivity contribution in [1.29, 1.82) is 0 Å². The lowest BCUT2D eigenvalue weighted by molar-refractivity contribution is -0.113. The summed E-state index contributed by atoms with van der Waals surface area (Å²) in [5.74, 6) is -1.43. The van der Waals surface area contributed by atoms with E-state index in [0.29, 0.717) is 21.4 Å². The molecule has 4 aromatic rings. The van der Waals surface area contributed by atoms with Gasteiger partial charge in [-0.05, 0) is 68.8 Å². The third-order valence-electron chi connectivity index (χ3n) is 6.13. The fourth-order valence-electron chi connectivity index (χ4n) is 4.10. The van der Waals surface area contributed by atoms with Crippen molar-refractivity contribution in [3.05, 3.63) is 73.5 Å². The van der Waals surface area contributed by atoms with Gasteiger partial charge < -0.3 is 20.1 Å². The summed E-state index contributed by atoms with van der Waals surface area (Å²) in [7, 11) is 0. The highest BCUT2D eigenvalue weighted by molar-refractivity contribution is 7.99. The van der Waals surface area contributed by atoms with Crippen LogP contribution in [0.15, 0.2) is 40.9 Å². The Labute approximate surface area is 261 Å². The Bertz CT molecular complexity index is 1640. The molecule has 2 amide bonds. The van der Waals surface area contributed by atoms with Crippen LogP contribution >= 0.6 is 34.4 Å². The van der Waals surface area contributed by atoms with E-state index in [-0.39, 0.29) is 46.9 Å². The highest BCUT2D eigenvalue weighted by Gasteiger charge is 2.27. The molecule has 11 nitrogen and oxygen atoms in total. The summed E-state index contributed by atoms with van der Waals surface area (Å²) in [6, 6.07) is 9.52. The van der Waals surface area contributed by atoms with Crippen molar-refractivity contribution >= 4 is 63.2 Å². The SMILES string of the molecule is CCOC(=O)c1sc(NC(=O)CSc2nnc(CNC(=O)c3cccs3)n2-c2cc(C)ccc2C)c(C(=O)OCC)c1C. The van der Waals surface area contributed by atoms with Gasteiger partial charge in [0.1, 0.15) is 9.88 Å². The van der Waals surface area contributed by atoms with Crippen LogP contribution in [0, 0.1) is 20.8 Å². The molecule has 0 unspecified atom stereocenters. The predicted molar refractivity (Wildman–Crippen MR) is 167 cm³/mol. The van der Waals surface area contributed by atoms with Crippen molar-refractivity contribution < 1.29 is 28.7 Å². The van der Waals surface area contributed by atoms with Crippen molar-refractivity contribution in [2.24, 2.45) is 0 Å². The van der Waals surface area contributed by atoms with E-state index in [9.17, 15) is 19.2 Å². The number of hydrogen-bond donors (Lipinski definition) is 2. The zero-order chi connectivity index (χ0) is 31.1. The maximum Gasteiger partial charge on any atom is 0.348 e. The first-order chi connectivity index (χ1) is 20.6. The van der Waals surface area contributed by atoms with E-state index in [1.165, 1.54) is 11.3 Å². The van der Waals surface area contributed by atoms with Crippen LogP contribution in [-0.4, -0.2) is 57.5 Å². The molecule has 0 fully saturated rings. The van der Waals surface area contributed by atoms with Gasteiger partial charge in [0.05, 0.1) is 41.6 Å². The molecule has 2 N–H and O–H groups in total. The Kier molecular flexibility index (Phi) is 10.7. The summed E-state index contributed by atoms with van der Waals surface area (Å²) in [5, 5.41) is 16.8. The number of thiophene rings is 2. The van der Waals surface area contributed by atoms with Crippen molar-refractivity contribution in [2.75, 3.05) is 24.3 Å². The van der Waals surface area contributed by atoms with Crippen LogP contribution in [0.2, 0.25) is 0 Å². The number of carbonyl (C=O) groups excluding carboxylic acids is 4. The number of esters is 2. The number of carbonyl (C=O) groups is 4. The predicted octanol–water partition coefficient (Wildman–Crippen LogP) is 5.33. The summed E-state index contributed by atoms with van der Waals surface area (Å²) in [6.45, 7) is 9.34. The zero-order valence-electron chi connectivity index (χ0n) is 24.3. The van der Waals surface area contributed by atoms with Crippen LogP contribution in [0.3, 0.4) is 0 Å². The average molecular weight is 642 g/mol. The molecule has 0 atom stereocenters. The maximum atomic E-state index is 13.1. The molecule has 43 heavy (non-hydrogen) atoms. The molecule has 0 aliphatic carbocycles. The van der Waals surface area contributed by atoms with Crippen molar-refractivity contribution in [2.45, 2.75) is 46.3 Å². The van der Waals surface area contributed by atoms with Crippen LogP contribution < -0.4 is 10.6 Å². The van der Waals surface area contributed by atoms with Gasteiger partial charge >= 0.3 is 11.9 Å². The molecular formula is C29H31N5O6S3. The number of aromatic nitrogens is 3. The quantitative estimate of drug-likeness (QED) is 0.155. The van der Waals surface area contributed by atoms with Crippen LogP contribution in [-0.2, 0) is 20.8 Å². The van der Waals surface area contributed by atoms with E-state index in [1.807, 2.05) is 48.1 Å². The van der Waals surface area contributed by atoms with Gasteiger partial charge in [0, 0.05) is 0 Å². The number of aryl methyl sites for hydroxylation is 2. The van der Waals surface area contributed by atoms with Gasteiger partial charge in [-0.15, -0.1) is 32.9 Å². The molecule has 0 aliphatic heterocycles. The minimum Gasteiger partial charge on any atom is -0.462 e. The number of thioether (sulfide) groups is 1. The van der Waals surface area contributed by atoms with Crippen LogP contribution in [0.4, 0.5) is 5.00 Å². The molecule has 1 aromatic carbocycles. The van der Waals surface area contributed by atoms with Crippen LogP contribution in [0.25, 0.3) is 5.69 Å². The second-order valence-corrected chi connectivity index (χ2v) is 12.1. The Morgan fingerprint density at radius 1 is 1.00 bits per heavy atom. The average Bonchev–Trinajstić information content (AvgIpc) is 3.72. The fraction of sp³-hybridized carbons (Fsp3) is 0.310. The lowest BCUT2D eigenvalue weighted by atomic mass is 10.1. The number of nitrogens with one attached hydrogen (secondary N) is 2. The zero-order valence-corrected chi connectivity index (χ0v) is 26.8. The molecule has 14 heteroatoms. The Morgan fingerprint density at radius 3 is 2.44 bits per heavy atom. The standard InChI is InChI=1S/C29H31N5O6S3/c1-6-39-27(37)23-18(5)24(28(38)40-7-2)43-26(23)31-22(35)15-42-29-33-32-21(14-30-25(36)20-9-8-12-41-20)34(29)19-13-16(3)10-11-17(19)4/h8-13H,6-7,14-15H2,1-5H3,(H,30,36)(H,31,35). The first kappa shape index (κ1) is 31.9. The summed E-state index contributed by atoms with van der Waals surface area (Å²) >= 11 is 3.46. The van der Waals surface area contributed by atoms with Gasteiger partial charge in [0.2, 0.25) is 5.91 Å². The topological polar surface area (TPSA) is 142 Å². The Balaban J connectivity index is 1.57. The number of amides is 2. The van der Waals surface area contributed by atoms with E-state index in [2.05, 4.69) is 20.8 Å². The Morgan fingerprint density at radius 2 is 1.74 bits per heavy atom. The number of hydrogen-bond acceptors (Lipinski definition) is 11. The van der Waals surface area contributed by atoms with Crippen molar-refractivity contribution in [3.8, 4) is 5.69 Å². The van der Waals surface area contributed by atoms with Gasteiger partial charge in [-0.3, -0.25) is 14.2 Å². The summed E-state index contributed by atoms with van der Waals surface area (Å²) in [6.07, 6.45) is 0. The molecule has 0 aliphatic rings. The van der Waals surface area contributed by atoms with Gasteiger partial charge in [0.15, 0.2) is 11.0 Å². The van der Waals surface area contributed by atoms with Crippen molar-refractivity contribution in [3.63, 3.8) is 0 Å². The second-order valence-electron chi connectivity index (χ2n) is 9.22. The third-order valence-corrected chi connectivity index (χ3v) is 9.12. The number of benzene rings is 1. The molecule has 0 saturated carbocycles. The minimum absolute atomic E-state index is 0.0709. The molecule has 0 radical (unpaired) electrons. The first-order valence-corrected chi connectivity index (χ1v) is 16.1. The smallest absolute Gasteiger partial charge is 0.348 e. The molecule has 0 saturated heterocycles. The maximum absolute atomic E-state index is 13.1. The van der Waals surface area contributed by atoms with Crippen molar-refractivity contribution in [1.82, 2.24) is 20.1 Å². The van der Waals surface area contributed by atoms with Crippen LogP contribution in [0.1, 0.15) is 66.1 Å². The lowest BCUT2D eigenvalue weighted by Crippen LogP contribution is -2.24. The number of anilines is 1. The molecule has 3 heterocycles. The van der Waals surface area contributed by atoms with Crippen LogP contribution in [0.5, 0.6) is 0 Å². The Hall–Kier alpha value is -4.01. The summed E-state index contributed by atoms with van der Waals surface area (Å²) in [4.78, 5) is 51.7. The fourth-order valence-corrected chi connectivity index (χ4v) is 6.61. The first-order valence-electron chi connectivity index (χ1n) is 13.4. The number of rotatable bonds is 12. The molecule has 4 rings (SSSR count). The van der Waals surface area contributed by atoms with Gasteiger partial charge in [-0.2, -0.15) is 0 Å². The molecule has 226 valence electrons. The van der Waals surface area contributed by atoms with E-state index in [0.717, 1.165) is 39.9 Å². The lowest BCUT2D eigenvalue weighted by Gasteiger charge is -2.14. The second kappa shape index (κ2) is 14.4. The normalized spacial score (nSPS) is 10.8. The van der Waals surface area contributed by atoms with Gasteiger partial charge in [-0.1, -0.05) is 30.0 Å². The van der Waals surface area contributed by atoms with E-state index in [1.54, 1.807) is 26.8 Å². The minimum atomic E-state index is -0.640. The van der Waals surface area contributed by atoms with E-state index < -0.39 is 17.8 Å². The summed E-state index contributed by atoms with van der Waals surface area (Å²) < 4.78 is 12.1. The molecule has 0 spiro atoms. The molecule has 0 bridgehead atoms. The highest BCUT2D eigenvalue weighted by atomic mass is 32.2. The van der Waals surface area contributed by atoms with Gasteiger partial charge in [-0.25, -0.2) is 9.59 Å². The number of nitrogens with zero attached hydrogens (tertiary/aromatic N) is 3. The third kappa shape index (κ3) is 7.50. The van der Waals surface area contributed by atoms with Gasteiger partial charge in [0.25, 0.3) is 5.91 Å². The highest BCUT2D eigenvalue weighted by Crippen LogP contribution is 2.35. The monoisotopic (exact) mass is 641 g/mol. The molecular weight excluding hydrogens is 611 g/mol. The molecule has 3 aromatic heterocycles. The van der Waals surface area contributed by atoms with E-state index in [4.69, 9.17) is 9.47 Å². The largest absolute Gasteiger partial charge is 0.462 e. The summed E-state index contributed by atoms with van der Waals surface area (Å²) in [5.41, 5.74) is 3.31.